The summed E-state index contributed by atoms with van der Waals surface area (Å²) < 4.78 is 35.2. The SMILES string of the molecule is Cc1cc(-n2c(C(C)C)c(-c3nnco3)c3cc(F)ccc32)ccc1F. The van der Waals surface area contributed by atoms with Crippen LogP contribution in [0.1, 0.15) is 31.0 Å². The standard InChI is InChI=1S/C20H17F2N3O/c1-11(2)19-18(20-24-23-10-26-20)15-9-13(21)4-7-17(15)25(19)14-5-6-16(22)12(3)8-14/h4-11H,1-3H3. The van der Waals surface area contributed by atoms with Crippen molar-refractivity contribution in [2.45, 2.75) is 26.7 Å². The van der Waals surface area contributed by atoms with Crippen LogP contribution in [-0.4, -0.2) is 14.8 Å². The molecular weight excluding hydrogens is 336 g/mol. The van der Waals surface area contributed by atoms with Gasteiger partial charge >= 0.3 is 0 Å². The van der Waals surface area contributed by atoms with Gasteiger partial charge in [-0.3, -0.25) is 0 Å². The first-order valence-corrected chi connectivity index (χ1v) is 8.34. The van der Waals surface area contributed by atoms with E-state index in [0.717, 1.165) is 16.9 Å². The van der Waals surface area contributed by atoms with E-state index in [0.29, 0.717) is 22.4 Å². The fraction of sp³-hybridized carbons (Fsp3) is 0.200. The minimum Gasteiger partial charge on any atom is -0.423 e. The lowest BCUT2D eigenvalue weighted by Crippen LogP contribution is -2.04. The fourth-order valence-corrected chi connectivity index (χ4v) is 3.38. The van der Waals surface area contributed by atoms with Crippen LogP contribution in [0.5, 0.6) is 0 Å². The van der Waals surface area contributed by atoms with Crippen molar-refractivity contribution in [1.82, 2.24) is 14.8 Å². The molecule has 0 radical (unpaired) electrons. The summed E-state index contributed by atoms with van der Waals surface area (Å²) in [6, 6.07) is 9.53. The summed E-state index contributed by atoms with van der Waals surface area (Å²) in [6.07, 6.45) is 1.25. The molecule has 6 heteroatoms. The summed E-state index contributed by atoms with van der Waals surface area (Å²) in [5, 5.41) is 8.48. The Morgan fingerprint density at radius 1 is 1.08 bits per heavy atom. The molecule has 0 aliphatic rings. The van der Waals surface area contributed by atoms with Gasteiger partial charge in [-0.2, -0.15) is 0 Å². The van der Waals surface area contributed by atoms with Crippen molar-refractivity contribution in [2.24, 2.45) is 0 Å². The molecule has 0 fully saturated rings. The first-order valence-electron chi connectivity index (χ1n) is 8.34. The zero-order chi connectivity index (χ0) is 18.4. The van der Waals surface area contributed by atoms with Crippen LogP contribution >= 0.6 is 0 Å². The average Bonchev–Trinajstić information content (AvgIpc) is 3.22. The van der Waals surface area contributed by atoms with E-state index in [4.69, 9.17) is 4.42 Å². The Kier molecular flexibility index (Phi) is 3.83. The third kappa shape index (κ3) is 2.49. The number of aryl methyl sites for hydroxylation is 1. The zero-order valence-corrected chi connectivity index (χ0v) is 14.6. The molecule has 0 atom stereocenters. The molecule has 2 aromatic carbocycles. The van der Waals surface area contributed by atoms with Gasteiger partial charge in [0.2, 0.25) is 12.3 Å². The van der Waals surface area contributed by atoms with E-state index in [2.05, 4.69) is 10.2 Å². The lowest BCUT2D eigenvalue weighted by molar-refractivity contribution is 0.567. The molecule has 0 aliphatic carbocycles. The maximum atomic E-state index is 14.0. The van der Waals surface area contributed by atoms with Crippen molar-refractivity contribution < 1.29 is 13.2 Å². The molecular formula is C20H17F2N3O. The number of benzene rings is 2. The van der Waals surface area contributed by atoms with Gasteiger partial charge in [0.25, 0.3) is 0 Å². The molecule has 132 valence electrons. The van der Waals surface area contributed by atoms with Crippen molar-refractivity contribution >= 4 is 10.9 Å². The van der Waals surface area contributed by atoms with E-state index in [1.807, 2.05) is 18.4 Å². The highest BCUT2D eigenvalue weighted by Gasteiger charge is 2.25. The highest BCUT2D eigenvalue weighted by Crippen LogP contribution is 2.40. The third-order valence-corrected chi connectivity index (χ3v) is 4.49. The molecule has 2 aromatic heterocycles. The van der Waals surface area contributed by atoms with Gasteiger partial charge in [0.1, 0.15) is 11.6 Å². The second-order valence-corrected chi connectivity index (χ2v) is 6.59. The van der Waals surface area contributed by atoms with Gasteiger partial charge in [0.15, 0.2) is 0 Å². The van der Waals surface area contributed by atoms with Crippen molar-refractivity contribution in [2.75, 3.05) is 0 Å². The number of rotatable bonds is 3. The van der Waals surface area contributed by atoms with Gasteiger partial charge in [-0.15, -0.1) is 10.2 Å². The molecule has 0 N–H and O–H groups in total. The molecule has 0 saturated carbocycles. The maximum Gasteiger partial charge on any atom is 0.249 e. The van der Waals surface area contributed by atoms with Crippen LogP contribution in [-0.2, 0) is 0 Å². The smallest absolute Gasteiger partial charge is 0.249 e. The Morgan fingerprint density at radius 3 is 2.54 bits per heavy atom. The van der Waals surface area contributed by atoms with Crippen LogP contribution in [0, 0.1) is 18.6 Å². The third-order valence-electron chi connectivity index (χ3n) is 4.49. The van der Waals surface area contributed by atoms with Crippen LogP contribution in [0.25, 0.3) is 28.0 Å². The van der Waals surface area contributed by atoms with Crippen LogP contribution in [0.15, 0.2) is 47.2 Å². The van der Waals surface area contributed by atoms with Gasteiger partial charge in [0, 0.05) is 16.8 Å². The number of fused-ring (bicyclic) bond motifs is 1. The van der Waals surface area contributed by atoms with E-state index in [1.165, 1.54) is 24.6 Å². The van der Waals surface area contributed by atoms with E-state index in [9.17, 15) is 8.78 Å². The Morgan fingerprint density at radius 2 is 1.88 bits per heavy atom. The number of hydrogen-bond acceptors (Lipinski definition) is 3. The largest absolute Gasteiger partial charge is 0.423 e. The molecule has 0 unspecified atom stereocenters. The number of nitrogens with zero attached hydrogens (tertiary/aromatic N) is 3. The number of halogens is 2. The summed E-state index contributed by atoms with van der Waals surface area (Å²) in [5.74, 6) is -0.194. The number of aromatic nitrogens is 3. The van der Waals surface area contributed by atoms with Gasteiger partial charge in [-0.25, -0.2) is 8.78 Å². The topological polar surface area (TPSA) is 43.9 Å². The Labute approximate surface area is 149 Å². The predicted octanol–water partition coefficient (Wildman–Crippen LogP) is 5.39. The molecule has 0 spiro atoms. The fourth-order valence-electron chi connectivity index (χ4n) is 3.38. The molecule has 0 saturated heterocycles. The highest BCUT2D eigenvalue weighted by atomic mass is 19.1. The second-order valence-electron chi connectivity index (χ2n) is 6.59. The first-order chi connectivity index (χ1) is 12.5. The van der Waals surface area contributed by atoms with E-state index < -0.39 is 0 Å². The number of hydrogen-bond donors (Lipinski definition) is 0. The van der Waals surface area contributed by atoms with E-state index >= 15 is 0 Å². The van der Waals surface area contributed by atoms with Gasteiger partial charge < -0.3 is 8.98 Å². The summed E-state index contributed by atoms with van der Waals surface area (Å²) in [7, 11) is 0. The molecule has 4 nitrogen and oxygen atoms in total. The summed E-state index contributed by atoms with van der Waals surface area (Å²) in [5.41, 5.74) is 3.75. The van der Waals surface area contributed by atoms with Crippen LogP contribution in [0.3, 0.4) is 0 Å². The normalized spacial score (nSPS) is 11.6. The summed E-state index contributed by atoms with van der Waals surface area (Å²) in [4.78, 5) is 0. The molecule has 26 heavy (non-hydrogen) atoms. The molecule has 2 heterocycles. The van der Waals surface area contributed by atoms with Gasteiger partial charge in [-0.05, 0) is 54.8 Å². The molecule has 0 amide bonds. The lowest BCUT2D eigenvalue weighted by atomic mass is 10.0. The highest BCUT2D eigenvalue weighted by molar-refractivity contribution is 5.97. The van der Waals surface area contributed by atoms with E-state index in [1.54, 1.807) is 25.1 Å². The molecule has 0 aliphatic heterocycles. The zero-order valence-electron chi connectivity index (χ0n) is 14.6. The minimum atomic E-state index is -0.346. The van der Waals surface area contributed by atoms with Crippen molar-refractivity contribution in [3.05, 3.63) is 65.7 Å². The first kappa shape index (κ1) is 16.4. The van der Waals surface area contributed by atoms with Crippen LogP contribution in [0.4, 0.5) is 8.78 Å². The Balaban J connectivity index is 2.15. The van der Waals surface area contributed by atoms with Crippen molar-refractivity contribution in [3.63, 3.8) is 0 Å². The van der Waals surface area contributed by atoms with Crippen molar-refractivity contribution in [1.29, 1.82) is 0 Å². The Hall–Kier alpha value is -3.02. The maximum absolute atomic E-state index is 14.0. The van der Waals surface area contributed by atoms with E-state index in [-0.39, 0.29) is 17.6 Å². The lowest BCUT2D eigenvalue weighted by Gasteiger charge is -2.15. The Bertz CT molecular complexity index is 1100. The predicted molar refractivity (Wildman–Crippen MR) is 95.3 cm³/mol. The van der Waals surface area contributed by atoms with Gasteiger partial charge in [-0.1, -0.05) is 13.8 Å². The van der Waals surface area contributed by atoms with Crippen LogP contribution in [0.2, 0.25) is 0 Å². The van der Waals surface area contributed by atoms with Crippen molar-refractivity contribution in [3.8, 4) is 17.1 Å². The van der Waals surface area contributed by atoms with Crippen LogP contribution < -0.4 is 0 Å². The molecule has 4 aromatic rings. The molecule has 4 rings (SSSR count). The molecule has 0 bridgehead atoms. The average molecular weight is 353 g/mol. The quantitative estimate of drug-likeness (QED) is 0.496. The summed E-state index contributed by atoms with van der Waals surface area (Å²) in [6.45, 7) is 5.80. The van der Waals surface area contributed by atoms with Gasteiger partial charge in [0.05, 0.1) is 11.1 Å². The minimum absolute atomic E-state index is 0.0812. The summed E-state index contributed by atoms with van der Waals surface area (Å²) >= 11 is 0. The monoisotopic (exact) mass is 353 g/mol. The second kappa shape index (κ2) is 6.05.